The van der Waals surface area contributed by atoms with Crippen LogP contribution in [0.2, 0.25) is 5.02 Å². The summed E-state index contributed by atoms with van der Waals surface area (Å²) in [6, 6.07) is 19.4. The molecule has 3 nitrogen and oxygen atoms in total. The Balaban J connectivity index is 2.15. The normalized spacial score (nSPS) is 10.6. The van der Waals surface area contributed by atoms with Crippen LogP contribution in [0.25, 0.3) is 16.9 Å². The van der Waals surface area contributed by atoms with Crippen LogP contribution in [0.3, 0.4) is 0 Å². The van der Waals surface area contributed by atoms with E-state index < -0.39 is 0 Å². The molecule has 0 bridgehead atoms. The first kappa shape index (κ1) is 11.8. The molecule has 0 aliphatic rings. The van der Waals surface area contributed by atoms with E-state index in [1.54, 1.807) is 0 Å². The fourth-order valence-electron chi connectivity index (χ4n) is 1.99. The molecule has 0 radical (unpaired) electrons. The minimum Gasteiger partial charge on any atom is -0.382 e. The summed E-state index contributed by atoms with van der Waals surface area (Å²) in [5.41, 5.74) is 8.79. The summed E-state index contributed by atoms with van der Waals surface area (Å²) >= 11 is 5.91. The Labute approximate surface area is 116 Å². The lowest BCUT2D eigenvalue weighted by Crippen LogP contribution is -1.99. The minimum absolute atomic E-state index is 0.494. The average molecular weight is 270 g/mol. The molecule has 2 aromatic carbocycles. The first-order chi connectivity index (χ1) is 9.24. The van der Waals surface area contributed by atoms with Crippen LogP contribution in [0, 0.1) is 0 Å². The summed E-state index contributed by atoms with van der Waals surface area (Å²) in [5.74, 6) is 0.494. The predicted octanol–water partition coefficient (Wildman–Crippen LogP) is 3.77. The summed E-state index contributed by atoms with van der Waals surface area (Å²) in [4.78, 5) is 0. The van der Waals surface area contributed by atoms with Gasteiger partial charge in [-0.05, 0) is 24.3 Å². The molecule has 0 aliphatic carbocycles. The van der Waals surface area contributed by atoms with E-state index in [2.05, 4.69) is 5.10 Å². The van der Waals surface area contributed by atoms with E-state index in [1.165, 1.54) is 0 Å². The lowest BCUT2D eigenvalue weighted by atomic mass is 10.1. The largest absolute Gasteiger partial charge is 0.382 e. The molecule has 0 aliphatic heterocycles. The van der Waals surface area contributed by atoms with Crippen LogP contribution in [0.1, 0.15) is 0 Å². The van der Waals surface area contributed by atoms with Gasteiger partial charge >= 0.3 is 0 Å². The highest BCUT2D eigenvalue weighted by Gasteiger charge is 2.09. The number of hydrogen-bond donors (Lipinski definition) is 1. The van der Waals surface area contributed by atoms with Gasteiger partial charge in [0.15, 0.2) is 0 Å². The van der Waals surface area contributed by atoms with Gasteiger partial charge in [-0.3, -0.25) is 0 Å². The quantitative estimate of drug-likeness (QED) is 0.769. The summed E-state index contributed by atoms with van der Waals surface area (Å²) in [7, 11) is 0. The second kappa shape index (κ2) is 4.78. The van der Waals surface area contributed by atoms with E-state index in [-0.39, 0.29) is 0 Å². The van der Waals surface area contributed by atoms with Gasteiger partial charge in [-0.25, -0.2) is 4.68 Å². The van der Waals surface area contributed by atoms with Crippen molar-refractivity contribution in [2.24, 2.45) is 0 Å². The second-order valence-corrected chi connectivity index (χ2v) is 4.65. The maximum absolute atomic E-state index is 5.91. The molecule has 0 fully saturated rings. The van der Waals surface area contributed by atoms with E-state index in [1.807, 2.05) is 65.3 Å². The van der Waals surface area contributed by atoms with Crippen molar-refractivity contribution in [3.63, 3.8) is 0 Å². The monoisotopic (exact) mass is 269 g/mol. The highest BCUT2D eigenvalue weighted by Crippen LogP contribution is 2.25. The third-order valence-electron chi connectivity index (χ3n) is 2.87. The molecule has 0 unspecified atom stereocenters. The lowest BCUT2D eigenvalue weighted by molar-refractivity contribution is 0.893. The van der Waals surface area contributed by atoms with E-state index in [9.17, 15) is 0 Å². The summed E-state index contributed by atoms with van der Waals surface area (Å²) in [6.45, 7) is 0. The standard InChI is InChI=1S/C15H12ClN3/c16-12-6-8-13(9-7-12)19-14(10-15(17)18-19)11-4-2-1-3-5-11/h1-10H,(H2,17,18). The fraction of sp³-hybridized carbons (Fsp3) is 0. The molecule has 2 N–H and O–H groups in total. The topological polar surface area (TPSA) is 43.8 Å². The molecule has 0 atom stereocenters. The smallest absolute Gasteiger partial charge is 0.146 e. The van der Waals surface area contributed by atoms with Crippen LogP contribution in [0.5, 0.6) is 0 Å². The Hall–Kier alpha value is -2.26. The zero-order chi connectivity index (χ0) is 13.2. The Morgan fingerprint density at radius 2 is 1.63 bits per heavy atom. The van der Waals surface area contributed by atoms with Crippen molar-refractivity contribution in [2.75, 3.05) is 5.73 Å². The number of nitrogens with zero attached hydrogens (tertiary/aromatic N) is 2. The van der Waals surface area contributed by atoms with Crippen molar-refractivity contribution in [3.05, 3.63) is 65.7 Å². The van der Waals surface area contributed by atoms with E-state index in [0.29, 0.717) is 10.8 Å². The number of rotatable bonds is 2. The van der Waals surface area contributed by atoms with Gasteiger partial charge in [-0.2, -0.15) is 5.10 Å². The zero-order valence-electron chi connectivity index (χ0n) is 10.1. The Bertz CT molecular complexity index is 687. The Kier molecular flexibility index (Phi) is 2.97. The van der Waals surface area contributed by atoms with Crippen molar-refractivity contribution < 1.29 is 0 Å². The first-order valence-electron chi connectivity index (χ1n) is 5.91. The van der Waals surface area contributed by atoms with Gasteiger partial charge in [-0.1, -0.05) is 41.9 Å². The van der Waals surface area contributed by atoms with Gasteiger partial charge in [0.25, 0.3) is 0 Å². The molecule has 0 saturated carbocycles. The summed E-state index contributed by atoms with van der Waals surface area (Å²) in [5, 5.41) is 5.04. The lowest BCUT2D eigenvalue weighted by Gasteiger charge is -2.07. The van der Waals surface area contributed by atoms with Crippen molar-refractivity contribution in [3.8, 4) is 16.9 Å². The van der Waals surface area contributed by atoms with Crippen LogP contribution < -0.4 is 5.73 Å². The van der Waals surface area contributed by atoms with Crippen molar-refractivity contribution in [1.29, 1.82) is 0 Å². The van der Waals surface area contributed by atoms with Crippen molar-refractivity contribution in [1.82, 2.24) is 9.78 Å². The van der Waals surface area contributed by atoms with Crippen LogP contribution in [-0.2, 0) is 0 Å². The van der Waals surface area contributed by atoms with E-state index >= 15 is 0 Å². The number of hydrogen-bond acceptors (Lipinski definition) is 2. The molecule has 19 heavy (non-hydrogen) atoms. The third kappa shape index (κ3) is 2.33. The minimum atomic E-state index is 0.494. The number of anilines is 1. The van der Waals surface area contributed by atoms with Gasteiger partial charge in [0.05, 0.1) is 11.4 Å². The number of benzene rings is 2. The maximum Gasteiger partial charge on any atom is 0.146 e. The van der Waals surface area contributed by atoms with Gasteiger partial charge < -0.3 is 5.73 Å². The SMILES string of the molecule is Nc1cc(-c2ccccc2)n(-c2ccc(Cl)cc2)n1. The highest BCUT2D eigenvalue weighted by molar-refractivity contribution is 6.30. The summed E-state index contributed by atoms with van der Waals surface area (Å²) < 4.78 is 1.82. The zero-order valence-corrected chi connectivity index (χ0v) is 10.9. The molecule has 4 heteroatoms. The molecule has 0 spiro atoms. The van der Waals surface area contributed by atoms with Crippen molar-refractivity contribution >= 4 is 17.4 Å². The molecule has 94 valence electrons. The highest BCUT2D eigenvalue weighted by atomic mass is 35.5. The number of aromatic nitrogens is 2. The van der Waals surface area contributed by atoms with Crippen molar-refractivity contribution in [2.45, 2.75) is 0 Å². The number of nitrogen functional groups attached to an aromatic ring is 1. The van der Waals surface area contributed by atoms with Gasteiger partial charge in [0.1, 0.15) is 5.82 Å². The molecule has 0 amide bonds. The molecular formula is C15H12ClN3. The van der Waals surface area contributed by atoms with E-state index in [0.717, 1.165) is 16.9 Å². The number of nitrogens with two attached hydrogens (primary N) is 1. The molecule has 1 heterocycles. The molecule has 3 aromatic rings. The van der Waals surface area contributed by atoms with E-state index in [4.69, 9.17) is 17.3 Å². The predicted molar refractivity (Wildman–Crippen MR) is 78.4 cm³/mol. The summed E-state index contributed by atoms with van der Waals surface area (Å²) in [6.07, 6.45) is 0. The second-order valence-electron chi connectivity index (χ2n) is 4.21. The molecular weight excluding hydrogens is 258 g/mol. The van der Waals surface area contributed by atoms with Crippen LogP contribution >= 0.6 is 11.6 Å². The van der Waals surface area contributed by atoms with Crippen LogP contribution in [-0.4, -0.2) is 9.78 Å². The average Bonchev–Trinajstić information content (AvgIpc) is 2.83. The number of halogens is 1. The first-order valence-corrected chi connectivity index (χ1v) is 6.29. The van der Waals surface area contributed by atoms with Crippen LogP contribution in [0.15, 0.2) is 60.7 Å². The van der Waals surface area contributed by atoms with Gasteiger partial charge in [0, 0.05) is 16.7 Å². The molecule has 1 aromatic heterocycles. The van der Waals surface area contributed by atoms with Gasteiger partial charge in [0.2, 0.25) is 0 Å². The molecule has 3 rings (SSSR count). The Morgan fingerprint density at radius 1 is 0.947 bits per heavy atom. The third-order valence-corrected chi connectivity index (χ3v) is 3.12. The van der Waals surface area contributed by atoms with Gasteiger partial charge in [-0.15, -0.1) is 0 Å². The maximum atomic E-state index is 5.91. The Morgan fingerprint density at radius 3 is 2.32 bits per heavy atom. The van der Waals surface area contributed by atoms with Crippen LogP contribution in [0.4, 0.5) is 5.82 Å². The fourth-order valence-corrected chi connectivity index (χ4v) is 2.12. The molecule has 0 saturated heterocycles.